The van der Waals surface area contributed by atoms with E-state index in [1.165, 1.54) is 11.3 Å². The fourth-order valence-electron chi connectivity index (χ4n) is 2.82. The minimum Gasteiger partial charge on any atom is -0.496 e. The number of carbonyl (C=O) groups is 1. The Morgan fingerprint density at radius 3 is 2.83 bits per heavy atom. The van der Waals surface area contributed by atoms with E-state index in [2.05, 4.69) is 10.3 Å². The summed E-state index contributed by atoms with van der Waals surface area (Å²) in [5.41, 5.74) is 2.40. The van der Waals surface area contributed by atoms with Crippen LogP contribution in [0.3, 0.4) is 0 Å². The normalized spacial score (nSPS) is 11.1. The first-order valence-electron chi connectivity index (χ1n) is 7.47. The molecule has 2 aromatic carbocycles. The van der Waals surface area contributed by atoms with E-state index < -0.39 is 0 Å². The highest BCUT2D eigenvalue weighted by molar-refractivity contribution is 7.22. The average Bonchev–Trinajstić information content (AvgIpc) is 3.15. The molecule has 0 aliphatic rings. The monoisotopic (exact) mass is 337 g/mol. The van der Waals surface area contributed by atoms with Gasteiger partial charge in [0.05, 0.1) is 22.8 Å². The van der Waals surface area contributed by atoms with E-state index in [-0.39, 0.29) is 5.91 Å². The molecule has 0 saturated heterocycles. The summed E-state index contributed by atoms with van der Waals surface area (Å²) in [6.45, 7) is 0. The standard InChI is InChI=1S/C18H15N3O2S/c1-21-13-7-5-8-15(23-2)11(13)10-14(21)17(22)20-18-19-12-6-3-4-9-16(12)24-18/h3-10H,1-2H3,(H,19,20,22). The van der Waals surface area contributed by atoms with Gasteiger partial charge in [-0.3, -0.25) is 10.1 Å². The maximum Gasteiger partial charge on any atom is 0.274 e. The molecule has 0 spiro atoms. The van der Waals surface area contributed by atoms with Crippen LogP contribution in [0.2, 0.25) is 0 Å². The Kier molecular flexibility index (Phi) is 3.46. The molecule has 6 heteroatoms. The molecule has 0 atom stereocenters. The molecule has 0 fully saturated rings. The van der Waals surface area contributed by atoms with Gasteiger partial charge in [-0.25, -0.2) is 4.98 Å². The summed E-state index contributed by atoms with van der Waals surface area (Å²) in [7, 11) is 3.50. The number of aryl methyl sites for hydroxylation is 1. The number of hydrogen-bond donors (Lipinski definition) is 1. The second-order valence-electron chi connectivity index (χ2n) is 5.42. The fraction of sp³-hybridized carbons (Fsp3) is 0.111. The lowest BCUT2D eigenvalue weighted by molar-refractivity contribution is 0.102. The molecule has 2 heterocycles. The van der Waals surface area contributed by atoms with Crippen molar-refractivity contribution in [1.82, 2.24) is 9.55 Å². The van der Waals surface area contributed by atoms with Crippen molar-refractivity contribution in [2.24, 2.45) is 7.05 Å². The molecule has 0 saturated carbocycles. The lowest BCUT2D eigenvalue weighted by Gasteiger charge is -2.04. The molecule has 0 unspecified atom stereocenters. The minimum absolute atomic E-state index is 0.185. The SMILES string of the molecule is COc1cccc2c1cc(C(=O)Nc1nc3ccccc3s1)n2C. The van der Waals surface area contributed by atoms with Gasteiger partial charge in [-0.15, -0.1) is 0 Å². The van der Waals surface area contributed by atoms with Crippen LogP contribution in [-0.4, -0.2) is 22.6 Å². The van der Waals surface area contributed by atoms with Gasteiger partial charge >= 0.3 is 0 Å². The van der Waals surface area contributed by atoms with Gasteiger partial charge in [-0.2, -0.15) is 0 Å². The zero-order valence-electron chi connectivity index (χ0n) is 13.2. The van der Waals surface area contributed by atoms with Crippen LogP contribution in [0, 0.1) is 0 Å². The Bertz CT molecular complexity index is 1030. The molecule has 120 valence electrons. The number of nitrogens with one attached hydrogen (secondary N) is 1. The number of aromatic nitrogens is 2. The predicted molar refractivity (Wildman–Crippen MR) is 97.0 cm³/mol. The van der Waals surface area contributed by atoms with Gasteiger partial charge in [0.25, 0.3) is 5.91 Å². The number of thiazole rings is 1. The summed E-state index contributed by atoms with van der Waals surface area (Å²) >= 11 is 1.46. The predicted octanol–water partition coefficient (Wildman–Crippen LogP) is 4.05. The highest BCUT2D eigenvalue weighted by Gasteiger charge is 2.17. The van der Waals surface area contributed by atoms with E-state index in [0.717, 1.165) is 26.9 Å². The highest BCUT2D eigenvalue weighted by Crippen LogP contribution is 2.29. The molecule has 0 bridgehead atoms. The summed E-state index contributed by atoms with van der Waals surface area (Å²) < 4.78 is 8.29. The number of rotatable bonds is 3. The molecule has 5 nitrogen and oxygen atoms in total. The number of anilines is 1. The molecule has 24 heavy (non-hydrogen) atoms. The Morgan fingerprint density at radius 2 is 2.04 bits per heavy atom. The van der Waals surface area contributed by atoms with Crippen molar-refractivity contribution < 1.29 is 9.53 Å². The van der Waals surface area contributed by atoms with Crippen LogP contribution in [0.1, 0.15) is 10.5 Å². The van der Waals surface area contributed by atoms with Crippen molar-refractivity contribution in [3.8, 4) is 5.75 Å². The summed E-state index contributed by atoms with van der Waals surface area (Å²) in [6, 6.07) is 15.4. The summed E-state index contributed by atoms with van der Waals surface area (Å²) in [5.74, 6) is 0.567. The number of hydrogen-bond acceptors (Lipinski definition) is 4. The van der Waals surface area contributed by atoms with Crippen molar-refractivity contribution in [1.29, 1.82) is 0 Å². The average molecular weight is 337 g/mol. The minimum atomic E-state index is -0.185. The Balaban J connectivity index is 1.71. The zero-order chi connectivity index (χ0) is 16.7. The van der Waals surface area contributed by atoms with Crippen LogP contribution >= 0.6 is 11.3 Å². The number of amides is 1. The van der Waals surface area contributed by atoms with Gasteiger partial charge < -0.3 is 9.30 Å². The molecule has 1 N–H and O–H groups in total. The molecule has 4 rings (SSSR count). The van der Waals surface area contributed by atoms with Crippen LogP contribution in [0.25, 0.3) is 21.1 Å². The fourth-order valence-corrected chi connectivity index (χ4v) is 3.68. The van der Waals surface area contributed by atoms with E-state index in [1.54, 1.807) is 7.11 Å². The third kappa shape index (κ3) is 2.32. The number of carbonyl (C=O) groups excluding carboxylic acids is 1. The highest BCUT2D eigenvalue weighted by atomic mass is 32.1. The zero-order valence-corrected chi connectivity index (χ0v) is 14.1. The van der Waals surface area contributed by atoms with Gasteiger partial charge in [0.1, 0.15) is 11.4 Å². The van der Waals surface area contributed by atoms with E-state index in [0.29, 0.717) is 10.8 Å². The molecule has 0 aliphatic heterocycles. The topological polar surface area (TPSA) is 56.1 Å². The maximum absolute atomic E-state index is 12.7. The van der Waals surface area contributed by atoms with E-state index >= 15 is 0 Å². The smallest absolute Gasteiger partial charge is 0.274 e. The van der Waals surface area contributed by atoms with Crippen LogP contribution < -0.4 is 10.1 Å². The quantitative estimate of drug-likeness (QED) is 0.613. The maximum atomic E-state index is 12.7. The van der Waals surface area contributed by atoms with Crippen molar-refractivity contribution >= 4 is 43.5 Å². The van der Waals surface area contributed by atoms with Gasteiger partial charge in [-0.1, -0.05) is 29.5 Å². The Hall–Kier alpha value is -2.86. The van der Waals surface area contributed by atoms with Crippen molar-refractivity contribution in [3.05, 3.63) is 54.2 Å². The molecule has 1 amide bonds. The lowest BCUT2D eigenvalue weighted by atomic mass is 10.2. The van der Waals surface area contributed by atoms with Gasteiger partial charge in [0.2, 0.25) is 0 Å². The Labute approximate surface area is 142 Å². The van der Waals surface area contributed by atoms with Gasteiger partial charge in [-0.05, 0) is 30.3 Å². The molecule has 4 aromatic rings. The summed E-state index contributed by atoms with van der Waals surface area (Å²) in [6.07, 6.45) is 0. The van der Waals surface area contributed by atoms with Crippen molar-refractivity contribution in [2.45, 2.75) is 0 Å². The van der Waals surface area contributed by atoms with Crippen LogP contribution in [0.15, 0.2) is 48.5 Å². The summed E-state index contributed by atoms with van der Waals surface area (Å²) in [4.78, 5) is 17.1. The number of para-hydroxylation sites is 1. The number of fused-ring (bicyclic) bond motifs is 2. The van der Waals surface area contributed by atoms with E-state index in [9.17, 15) is 4.79 Å². The molecule has 0 radical (unpaired) electrons. The third-order valence-electron chi connectivity index (χ3n) is 4.01. The second-order valence-corrected chi connectivity index (χ2v) is 6.45. The van der Waals surface area contributed by atoms with Gasteiger partial charge in [0, 0.05) is 12.4 Å². The van der Waals surface area contributed by atoms with Gasteiger partial charge in [0.15, 0.2) is 5.13 Å². The van der Waals surface area contributed by atoms with E-state index in [4.69, 9.17) is 4.74 Å². The van der Waals surface area contributed by atoms with Crippen molar-refractivity contribution in [2.75, 3.05) is 12.4 Å². The van der Waals surface area contributed by atoms with Crippen LogP contribution in [0.5, 0.6) is 5.75 Å². The molecule has 2 aromatic heterocycles. The largest absolute Gasteiger partial charge is 0.496 e. The van der Waals surface area contributed by atoms with Crippen molar-refractivity contribution in [3.63, 3.8) is 0 Å². The first-order valence-corrected chi connectivity index (χ1v) is 8.28. The van der Waals surface area contributed by atoms with Crippen LogP contribution in [-0.2, 0) is 7.05 Å². The first kappa shape index (κ1) is 14.7. The molecule has 0 aliphatic carbocycles. The van der Waals surface area contributed by atoms with Crippen LogP contribution in [0.4, 0.5) is 5.13 Å². The summed E-state index contributed by atoms with van der Waals surface area (Å²) in [5, 5.41) is 4.40. The third-order valence-corrected chi connectivity index (χ3v) is 4.97. The van der Waals surface area contributed by atoms with E-state index in [1.807, 2.05) is 60.1 Å². The lowest BCUT2D eigenvalue weighted by Crippen LogP contribution is -2.15. The number of ether oxygens (including phenoxy) is 1. The Morgan fingerprint density at radius 1 is 1.21 bits per heavy atom. The number of nitrogens with zero attached hydrogens (tertiary/aromatic N) is 2. The number of benzene rings is 2. The number of methoxy groups -OCH3 is 1. The molecular weight excluding hydrogens is 322 g/mol. The second kappa shape index (κ2) is 5.65. The molecular formula is C18H15N3O2S. The first-order chi connectivity index (χ1) is 11.7.